The minimum Gasteiger partial charge on any atom is -0.393 e. The van der Waals surface area contributed by atoms with Crippen molar-refractivity contribution in [3.05, 3.63) is 0 Å². The van der Waals surface area contributed by atoms with Gasteiger partial charge >= 0.3 is 0 Å². The first-order valence-electron chi connectivity index (χ1n) is 8.13. The summed E-state index contributed by atoms with van der Waals surface area (Å²) in [6.45, 7) is 2.76. The van der Waals surface area contributed by atoms with Gasteiger partial charge in [-0.1, -0.05) is 12.8 Å². The molecular weight excluding hydrogens is 238 g/mol. The molecule has 2 saturated carbocycles. The summed E-state index contributed by atoms with van der Waals surface area (Å²) in [5.74, 6) is 2.45. The van der Waals surface area contributed by atoms with Gasteiger partial charge in [-0.15, -0.1) is 0 Å². The Labute approximate surface area is 116 Å². The number of aliphatic hydroxyl groups is 1. The number of aliphatic hydroxyl groups excluding tert-OH is 1. The van der Waals surface area contributed by atoms with Crippen LogP contribution in [0.15, 0.2) is 0 Å². The minimum absolute atomic E-state index is 0.284. The number of nitrogens with zero attached hydrogens (tertiary/aromatic N) is 1. The quantitative estimate of drug-likeness (QED) is 0.852. The molecule has 0 radical (unpaired) electrons. The Kier molecular flexibility index (Phi) is 3.84. The summed E-state index contributed by atoms with van der Waals surface area (Å²) in [6.07, 6.45) is 8.77. The van der Waals surface area contributed by atoms with Crippen LogP contribution in [0.4, 0.5) is 0 Å². The van der Waals surface area contributed by atoms with E-state index in [0.717, 1.165) is 50.5 Å². The summed E-state index contributed by atoms with van der Waals surface area (Å²) in [6, 6.07) is 0.284. The number of hydrogen-bond acceptors (Lipinski definition) is 2. The highest BCUT2D eigenvalue weighted by Crippen LogP contribution is 2.54. The molecule has 1 N–H and O–H groups in total. The van der Waals surface area contributed by atoms with Crippen LogP contribution in [0.2, 0.25) is 0 Å². The summed E-state index contributed by atoms with van der Waals surface area (Å²) in [5.41, 5.74) is 0. The maximum atomic E-state index is 12.8. The topological polar surface area (TPSA) is 40.5 Å². The Morgan fingerprint density at radius 2 is 1.95 bits per heavy atom. The number of amides is 1. The van der Waals surface area contributed by atoms with Gasteiger partial charge in [-0.3, -0.25) is 4.79 Å². The molecule has 1 aliphatic heterocycles. The van der Waals surface area contributed by atoms with Crippen molar-refractivity contribution < 1.29 is 9.90 Å². The number of carbonyl (C=O) groups excluding carboxylic acids is 1. The maximum Gasteiger partial charge on any atom is 0.225 e. The van der Waals surface area contributed by atoms with E-state index in [1.165, 1.54) is 19.3 Å². The number of hydrogen-bond donors (Lipinski definition) is 1. The lowest BCUT2D eigenvalue weighted by atomic mass is 9.98. The molecule has 0 bridgehead atoms. The van der Waals surface area contributed by atoms with Crippen molar-refractivity contribution in [1.82, 2.24) is 4.90 Å². The predicted molar refractivity (Wildman–Crippen MR) is 74.6 cm³/mol. The monoisotopic (exact) mass is 265 g/mol. The third kappa shape index (κ3) is 2.96. The molecule has 3 fully saturated rings. The lowest BCUT2D eigenvalue weighted by molar-refractivity contribution is -0.138. The van der Waals surface area contributed by atoms with Gasteiger partial charge in [0.2, 0.25) is 5.91 Å². The maximum absolute atomic E-state index is 12.8. The Balaban J connectivity index is 1.65. The second-order valence-electron chi connectivity index (χ2n) is 7.04. The van der Waals surface area contributed by atoms with Crippen molar-refractivity contribution in [2.24, 2.45) is 17.8 Å². The molecule has 1 saturated heterocycles. The smallest absolute Gasteiger partial charge is 0.225 e. The zero-order valence-electron chi connectivity index (χ0n) is 12.1. The van der Waals surface area contributed by atoms with Crippen LogP contribution >= 0.6 is 0 Å². The Bertz CT molecular complexity index is 332. The first-order chi connectivity index (χ1) is 9.15. The Morgan fingerprint density at radius 3 is 2.63 bits per heavy atom. The highest BCUT2D eigenvalue weighted by Gasteiger charge is 2.49. The van der Waals surface area contributed by atoms with Crippen molar-refractivity contribution >= 4 is 5.91 Å². The van der Waals surface area contributed by atoms with Gasteiger partial charge in [0.1, 0.15) is 0 Å². The molecule has 0 aromatic heterocycles. The van der Waals surface area contributed by atoms with Crippen molar-refractivity contribution in [1.29, 1.82) is 0 Å². The van der Waals surface area contributed by atoms with E-state index in [1.54, 1.807) is 0 Å². The second kappa shape index (κ2) is 5.43. The van der Waals surface area contributed by atoms with E-state index in [2.05, 4.69) is 4.90 Å². The SMILES string of the molecule is CC(O)CC1CCCCCN1C(=O)C1CC2CC2C1. The fraction of sp³-hybridized carbons (Fsp3) is 0.938. The van der Waals surface area contributed by atoms with E-state index in [1.807, 2.05) is 6.92 Å². The van der Waals surface area contributed by atoms with Gasteiger partial charge in [-0.2, -0.15) is 0 Å². The molecule has 0 spiro atoms. The van der Waals surface area contributed by atoms with Crippen LogP contribution in [-0.2, 0) is 4.79 Å². The lowest BCUT2D eigenvalue weighted by Gasteiger charge is -2.33. The van der Waals surface area contributed by atoms with Gasteiger partial charge in [0.25, 0.3) is 0 Å². The predicted octanol–water partition coefficient (Wildman–Crippen LogP) is 2.57. The van der Waals surface area contributed by atoms with E-state index in [9.17, 15) is 9.90 Å². The molecule has 108 valence electrons. The lowest BCUT2D eigenvalue weighted by Crippen LogP contribution is -2.44. The fourth-order valence-corrected chi connectivity index (χ4v) is 4.26. The summed E-state index contributed by atoms with van der Waals surface area (Å²) < 4.78 is 0. The van der Waals surface area contributed by atoms with Crippen LogP contribution < -0.4 is 0 Å². The number of carbonyl (C=O) groups is 1. The van der Waals surface area contributed by atoms with E-state index in [-0.39, 0.29) is 12.1 Å². The normalized spacial score (nSPS) is 39.6. The van der Waals surface area contributed by atoms with Crippen LogP contribution in [0, 0.1) is 17.8 Å². The Morgan fingerprint density at radius 1 is 1.21 bits per heavy atom. The summed E-state index contributed by atoms with van der Waals surface area (Å²) in [7, 11) is 0. The van der Waals surface area contributed by atoms with Gasteiger partial charge in [0, 0.05) is 18.5 Å². The number of fused-ring (bicyclic) bond motifs is 1. The average Bonchev–Trinajstić information content (AvgIpc) is 3.05. The third-order valence-electron chi connectivity index (χ3n) is 5.37. The Hall–Kier alpha value is -0.570. The summed E-state index contributed by atoms with van der Waals surface area (Å²) in [4.78, 5) is 14.9. The number of likely N-dealkylation sites (tertiary alicyclic amines) is 1. The highest BCUT2D eigenvalue weighted by molar-refractivity contribution is 5.79. The van der Waals surface area contributed by atoms with Crippen molar-refractivity contribution in [3.63, 3.8) is 0 Å². The first kappa shape index (κ1) is 13.4. The number of rotatable bonds is 3. The molecule has 19 heavy (non-hydrogen) atoms. The molecule has 2 aliphatic carbocycles. The van der Waals surface area contributed by atoms with Crippen molar-refractivity contribution in [3.8, 4) is 0 Å². The molecule has 3 rings (SSSR count). The molecule has 3 nitrogen and oxygen atoms in total. The van der Waals surface area contributed by atoms with E-state index < -0.39 is 0 Å². The molecular formula is C16H27NO2. The van der Waals surface area contributed by atoms with E-state index in [0.29, 0.717) is 11.8 Å². The fourth-order valence-electron chi connectivity index (χ4n) is 4.26. The molecule has 0 aromatic carbocycles. The largest absolute Gasteiger partial charge is 0.393 e. The highest BCUT2D eigenvalue weighted by atomic mass is 16.3. The first-order valence-corrected chi connectivity index (χ1v) is 8.13. The van der Waals surface area contributed by atoms with E-state index >= 15 is 0 Å². The van der Waals surface area contributed by atoms with Crippen LogP contribution in [0.1, 0.15) is 58.3 Å². The van der Waals surface area contributed by atoms with Gasteiger partial charge in [-0.05, 0) is 57.3 Å². The van der Waals surface area contributed by atoms with Gasteiger partial charge in [0.15, 0.2) is 0 Å². The van der Waals surface area contributed by atoms with Crippen LogP contribution in [0.25, 0.3) is 0 Å². The molecule has 1 heterocycles. The molecule has 1 amide bonds. The molecule has 3 heteroatoms. The zero-order chi connectivity index (χ0) is 13.4. The van der Waals surface area contributed by atoms with Crippen molar-refractivity contribution in [2.75, 3.05) is 6.54 Å². The summed E-state index contributed by atoms with van der Waals surface area (Å²) in [5, 5.41) is 9.67. The van der Waals surface area contributed by atoms with Crippen LogP contribution in [0.3, 0.4) is 0 Å². The molecule has 4 atom stereocenters. The van der Waals surface area contributed by atoms with Crippen molar-refractivity contribution in [2.45, 2.75) is 70.4 Å². The third-order valence-corrected chi connectivity index (χ3v) is 5.37. The minimum atomic E-state index is -0.296. The molecule has 3 aliphatic rings. The average molecular weight is 265 g/mol. The van der Waals surface area contributed by atoms with E-state index in [4.69, 9.17) is 0 Å². The zero-order valence-corrected chi connectivity index (χ0v) is 12.1. The second-order valence-corrected chi connectivity index (χ2v) is 7.04. The molecule has 0 aromatic rings. The molecule has 4 unspecified atom stereocenters. The standard InChI is InChI=1S/C16H27NO2/c1-11(18)7-15-5-3-2-4-6-17(15)16(19)14-9-12-8-13(12)10-14/h11-15,18H,2-10H2,1H3. The van der Waals surface area contributed by atoms with Gasteiger partial charge < -0.3 is 10.0 Å². The van der Waals surface area contributed by atoms with Crippen LogP contribution in [-0.4, -0.2) is 34.6 Å². The summed E-state index contributed by atoms with van der Waals surface area (Å²) >= 11 is 0. The van der Waals surface area contributed by atoms with Gasteiger partial charge in [0.05, 0.1) is 6.10 Å². The van der Waals surface area contributed by atoms with Crippen LogP contribution in [0.5, 0.6) is 0 Å². The van der Waals surface area contributed by atoms with Gasteiger partial charge in [-0.25, -0.2) is 0 Å².